The highest BCUT2D eigenvalue weighted by Crippen LogP contribution is 2.30. The maximum Gasteiger partial charge on any atom is 0.295 e. The summed E-state index contributed by atoms with van der Waals surface area (Å²) >= 11 is 0. The molecule has 0 aliphatic rings. The van der Waals surface area contributed by atoms with Crippen LogP contribution in [0.1, 0.15) is 20.3 Å². The molecule has 0 amide bonds. The van der Waals surface area contributed by atoms with Gasteiger partial charge in [0.2, 0.25) is 0 Å². The normalized spacial score (nSPS) is 12.5. The molecule has 1 aromatic carbocycles. The molecule has 0 fully saturated rings. The third-order valence-corrected chi connectivity index (χ3v) is 2.66. The lowest BCUT2D eigenvalue weighted by Crippen LogP contribution is -2.31. The van der Waals surface area contributed by atoms with Gasteiger partial charge in [-0.2, -0.15) is 0 Å². The van der Waals surface area contributed by atoms with Gasteiger partial charge in [-0.05, 0) is 18.4 Å². The van der Waals surface area contributed by atoms with Crippen LogP contribution in [0.25, 0.3) is 0 Å². The predicted octanol–water partition coefficient (Wildman–Crippen LogP) is 2.66. The maximum atomic E-state index is 13.7. The van der Waals surface area contributed by atoms with E-state index in [1.807, 2.05) is 13.8 Å². The number of rotatable bonds is 6. The van der Waals surface area contributed by atoms with E-state index in [1.165, 1.54) is 0 Å². The maximum absolute atomic E-state index is 13.7. The van der Waals surface area contributed by atoms with Crippen LogP contribution in [0.5, 0.6) is 0 Å². The average molecular weight is 273 g/mol. The summed E-state index contributed by atoms with van der Waals surface area (Å²) in [6.07, 6.45) is 0.601. The molecule has 1 aromatic rings. The Kier molecular flexibility index (Phi) is 5.17. The minimum atomic E-state index is -1.25. The van der Waals surface area contributed by atoms with E-state index in [0.29, 0.717) is 6.42 Å². The van der Waals surface area contributed by atoms with Gasteiger partial charge in [-0.15, -0.1) is 0 Å². The van der Waals surface area contributed by atoms with Gasteiger partial charge in [-0.25, -0.2) is 8.78 Å². The number of halogens is 2. The molecule has 0 saturated carbocycles. The van der Waals surface area contributed by atoms with Crippen molar-refractivity contribution in [1.82, 2.24) is 0 Å². The predicted molar refractivity (Wildman–Crippen MR) is 68.9 cm³/mol. The first-order chi connectivity index (χ1) is 8.86. The molecule has 0 bridgehead atoms. The van der Waals surface area contributed by atoms with E-state index in [9.17, 15) is 18.9 Å². The number of hydrogen-bond acceptors (Lipinski definition) is 4. The van der Waals surface area contributed by atoms with Crippen molar-refractivity contribution in [3.63, 3.8) is 0 Å². The van der Waals surface area contributed by atoms with Crippen LogP contribution in [-0.2, 0) is 0 Å². The summed E-state index contributed by atoms with van der Waals surface area (Å²) in [4.78, 5) is 10.1. The molecular formula is C12H17F2N3O2. The van der Waals surface area contributed by atoms with Crippen molar-refractivity contribution in [2.75, 3.05) is 11.9 Å². The number of nitrogens with one attached hydrogen (secondary N) is 1. The summed E-state index contributed by atoms with van der Waals surface area (Å²) in [5.74, 6) is -2.11. The van der Waals surface area contributed by atoms with Crippen molar-refractivity contribution in [3.05, 3.63) is 33.9 Å². The van der Waals surface area contributed by atoms with Gasteiger partial charge in [0.05, 0.1) is 4.92 Å². The Morgan fingerprint density at radius 3 is 2.53 bits per heavy atom. The van der Waals surface area contributed by atoms with Crippen LogP contribution in [0.15, 0.2) is 12.1 Å². The van der Waals surface area contributed by atoms with Crippen LogP contribution in [0.3, 0.4) is 0 Å². The molecule has 1 atom stereocenters. The number of benzene rings is 1. The summed E-state index contributed by atoms with van der Waals surface area (Å²) in [5.41, 5.74) is 4.59. The molecule has 19 heavy (non-hydrogen) atoms. The van der Waals surface area contributed by atoms with E-state index in [0.717, 1.165) is 12.1 Å². The number of nitrogens with two attached hydrogens (primary N) is 1. The third-order valence-electron chi connectivity index (χ3n) is 2.66. The second-order valence-electron chi connectivity index (χ2n) is 4.72. The first kappa shape index (κ1) is 15.3. The zero-order valence-electron chi connectivity index (χ0n) is 10.8. The molecule has 0 aliphatic heterocycles. The van der Waals surface area contributed by atoms with Crippen molar-refractivity contribution in [2.45, 2.75) is 26.3 Å². The minimum absolute atomic E-state index is 0.172. The Labute approximate surface area is 109 Å². The van der Waals surface area contributed by atoms with Crippen molar-refractivity contribution < 1.29 is 13.7 Å². The number of hydrogen-bond donors (Lipinski definition) is 2. The molecule has 5 nitrogen and oxygen atoms in total. The van der Waals surface area contributed by atoms with E-state index < -0.39 is 27.9 Å². The van der Waals surface area contributed by atoms with E-state index in [2.05, 4.69) is 5.32 Å². The van der Waals surface area contributed by atoms with Crippen LogP contribution >= 0.6 is 0 Å². The summed E-state index contributed by atoms with van der Waals surface area (Å²) in [6, 6.07) is 1.32. The first-order valence-corrected chi connectivity index (χ1v) is 5.95. The Hall–Kier alpha value is -1.76. The lowest BCUT2D eigenvalue weighted by atomic mass is 10.0. The first-order valence-electron chi connectivity index (χ1n) is 5.95. The van der Waals surface area contributed by atoms with Gasteiger partial charge < -0.3 is 11.1 Å². The number of nitro groups is 1. The zero-order valence-corrected chi connectivity index (χ0v) is 10.8. The van der Waals surface area contributed by atoms with Crippen LogP contribution < -0.4 is 11.1 Å². The largest absolute Gasteiger partial charge is 0.373 e. The van der Waals surface area contributed by atoms with Gasteiger partial charge in [0.1, 0.15) is 0 Å². The Balaban J connectivity index is 3.10. The van der Waals surface area contributed by atoms with Crippen LogP contribution in [0.2, 0.25) is 0 Å². The van der Waals surface area contributed by atoms with E-state index in [1.54, 1.807) is 0 Å². The van der Waals surface area contributed by atoms with Crippen LogP contribution in [0.4, 0.5) is 20.2 Å². The van der Waals surface area contributed by atoms with E-state index >= 15 is 0 Å². The molecule has 1 unspecified atom stereocenters. The Morgan fingerprint density at radius 1 is 1.42 bits per heavy atom. The molecular weight excluding hydrogens is 256 g/mol. The number of nitrogens with zero attached hydrogens (tertiary/aromatic N) is 1. The van der Waals surface area contributed by atoms with Crippen molar-refractivity contribution in [2.24, 2.45) is 11.7 Å². The number of nitro benzene ring substituents is 1. The summed E-state index contributed by atoms with van der Waals surface area (Å²) < 4.78 is 26.8. The second-order valence-corrected chi connectivity index (χ2v) is 4.72. The molecule has 0 aliphatic carbocycles. The molecule has 0 spiro atoms. The summed E-state index contributed by atoms with van der Waals surface area (Å²) in [6.45, 7) is 4.06. The highest BCUT2D eigenvalue weighted by Gasteiger charge is 2.23. The SMILES string of the molecule is CC(C)CC(CN)Nc1c([N+](=O)[O-])ccc(F)c1F. The fourth-order valence-corrected chi connectivity index (χ4v) is 1.82. The van der Waals surface area contributed by atoms with Gasteiger partial charge in [0.15, 0.2) is 17.3 Å². The monoisotopic (exact) mass is 273 g/mol. The van der Waals surface area contributed by atoms with E-state index in [-0.39, 0.29) is 18.5 Å². The van der Waals surface area contributed by atoms with Gasteiger partial charge in [0, 0.05) is 18.7 Å². The van der Waals surface area contributed by atoms with Gasteiger partial charge in [-0.1, -0.05) is 13.8 Å². The summed E-state index contributed by atoms with van der Waals surface area (Å²) in [7, 11) is 0. The lowest BCUT2D eigenvalue weighted by molar-refractivity contribution is -0.384. The van der Waals surface area contributed by atoms with Gasteiger partial charge >= 0.3 is 0 Å². The second kappa shape index (κ2) is 6.42. The highest BCUT2D eigenvalue weighted by molar-refractivity contribution is 5.63. The van der Waals surface area contributed by atoms with Crippen LogP contribution in [-0.4, -0.2) is 17.5 Å². The Bertz CT molecular complexity index is 467. The molecule has 1 rings (SSSR count). The average Bonchev–Trinajstić information content (AvgIpc) is 2.33. The van der Waals surface area contributed by atoms with Gasteiger partial charge in [0.25, 0.3) is 5.69 Å². The minimum Gasteiger partial charge on any atom is -0.373 e. The van der Waals surface area contributed by atoms with Crippen molar-refractivity contribution in [1.29, 1.82) is 0 Å². The molecule has 0 heterocycles. The molecule has 106 valence electrons. The molecule has 0 saturated heterocycles. The lowest BCUT2D eigenvalue weighted by Gasteiger charge is -2.20. The summed E-state index contributed by atoms with van der Waals surface area (Å²) in [5, 5.41) is 13.5. The molecule has 7 heteroatoms. The van der Waals surface area contributed by atoms with Gasteiger partial charge in [-0.3, -0.25) is 10.1 Å². The molecule has 0 radical (unpaired) electrons. The number of anilines is 1. The highest BCUT2D eigenvalue weighted by atomic mass is 19.2. The topological polar surface area (TPSA) is 81.2 Å². The fraction of sp³-hybridized carbons (Fsp3) is 0.500. The quantitative estimate of drug-likeness (QED) is 0.616. The zero-order chi connectivity index (χ0) is 14.6. The standard InChI is InChI=1S/C12H17F2N3O2/c1-7(2)5-8(6-15)16-12-10(17(18)19)4-3-9(13)11(12)14/h3-4,7-8,16H,5-6,15H2,1-2H3. The van der Waals surface area contributed by atoms with Crippen molar-refractivity contribution in [3.8, 4) is 0 Å². The molecule has 0 aromatic heterocycles. The molecule has 3 N–H and O–H groups in total. The smallest absolute Gasteiger partial charge is 0.295 e. The van der Waals surface area contributed by atoms with Crippen LogP contribution in [0, 0.1) is 27.7 Å². The van der Waals surface area contributed by atoms with E-state index in [4.69, 9.17) is 5.73 Å². The third kappa shape index (κ3) is 3.85. The Morgan fingerprint density at radius 2 is 2.05 bits per heavy atom. The van der Waals surface area contributed by atoms with Crippen molar-refractivity contribution >= 4 is 11.4 Å². The fourth-order valence-electron chi connectivity index (χ4n) is 1.82.